The molecule has 5 nitrogen and oxygen atoms in total. The third-order valence-corrected chi connectivity index (χ3v) is 1.68. The van der Waals surface area contributed by atoms with Crippen molar-refractivity contribution in [3.05, 3.63) is 42.5 Å². The number of aromatic hydroxyl groups is 1. The van der Waals surface area contributed by atoms with Gasteiger partial charge in [0.2, 0.25) is 6.79 Å². The summed E-state index contributed by atoms with van der Waals surface area (Å²) in [6, 6.07) is 5.90. The second-order valence-corrected chi connectivity index (χ2v) is 2.73. The summed E-state index contributed by atoms with van der Waals surface area (Å²) in [5.41, 5.74) is 0.0113. The maximum atomic E-state index is 11.3. The second kappa shape index (κ2) is 5.55. The predicted octanol–water partition coefficient (Wildman–Crippen LogP) is 1.24. The Morgan fingerprint density at radius 1 is 1.31 bits per heavy atom. The van der Waals surface area contributed by atoms with Crippen LogP contribution < -0.4 is 0 Å². The fraction of sp³-hybridized carbons (Fsp3) is 0.0909. The zero-order valence-corrected chi connectivity index (χ0v) is 8.38. The van der Waals surface area contributed by atoms with Crippen molar-refractivity contribution < 1.29 is 24.2 Å². The number of para-hydroxylation sites is 1. The second-order valence-electron chi connectivity index (χ2n) is 2.73. The van der Waals surface area contributed by atoms with Gasteiger partial charge in [-0.2, -0.15) is 0 Å². The number of phenols is 1. The Bertz CT molecular complexity index is 411. The lowest BCUT2D eigenvalue weighted by Crippen LogP contribution is -2.11. The van der Waals surface area contributed by atoms with Gasteiger partial charge in [0.15, 0.2) is 0 Å². The Hall–Kier alpha value is -2.30. The number of hydrogen-bond acceptors (Lipinski definition) is 5. The van der Waals surface area contributed by atoms with Crippen LogP contribution in [0.2, 0.25) is 0 Å². The largest absolute Gasteiger partial charge is 0.507 e. The van der Waals surface area contributed by atoms with E-state index in [1.807, 2.05) is 0 Å². The molecular formula is C11H10O5. The van der Waals surface area contributed by atoms with Gasteiger partial charge in [-0.1, -0.05) is 18.7 Å². The maximum Gasteiger partial charge on any atom is 0.344 e. The molecule has 0 aliphatic heterocycles. The molecule has 0 radical (unpaired) electrons. The molecule has 0 saturated heterocycles. The van der Waals surface area contributed by atoms with Gasteiger partial charge in [-0.25, -0.2) is 9.59 Å². The van der Waals surface area contributed by atoms with Crippen LogP contribution in [0.15, 0.2) is 36.9 Å². The van der Waals surface area contributed by atoms with E-state index in [1.54, 1.807) is 12.1 Å². The van der Waals surface area contributed by atoms with Crippen LogP contribution in [0, 0.1) is 0 Å². The molecule has 5 heteroatoms. The molecular weight excluding hydrogens is 212 g/mol. The molecule has 0 spiro atoms. The minimum atomic E-state index is -0.769. The van der Waals surface area contributed by atoms with E-state index in [2.05, 4.69) is 16.1 Å². The quantitative estimate of drug-likeness (QED) is 0.471. The third kappa shape index (κ3) is 3.13. The average Bonchev–Trinajstić information content (AvgIpc) is 2.29. The van der Waals surface area contributed by atoms with E-state index in [9.17, 15) is 14.7 Å². The number of esters is 2. The highest BCUT2D eigenvalue weighted by Crippen LogP contribution is 2.16. The van der Waals surface area contributed by atoms with E-state index in [0.29, 0.717) is 0 Å². The highest BCUT2D eigenvalue weighted by Gasteiger charge is 2.11. The van der Waals surface area contributed by atoms with E-state index in [0.717, 1.165) is 6.08 Å². The third-order valence-electron chi connectivity index (χ3n) is 1.68. The van der Waals surface area contributed by atoms with Crippen LogP contribution in [0.4, 0.5) is 0 Å². The molecule has 0 bridgehead atoms. The molecule has 0 saturated carbocycles. The molecule has 0 unspecified atom stereocenters. The van der Waals surface area contributed by atoms with Crippen molar-refractivity contribution in [2.45, 2.75) is 0 Å². The van der Waals surface area contributed by atoms with Crippen molar-refractivity contribution in [2.24, 2.45) is 0 Å². The average molecular weight is 222 g/mol. The van der Waals surface area contributed by atoms with Crippen molar-refractivity contribution in [3.8, 4) is 5.75 Å². The summed E-state index contributed by atoms with van der Waals surface area (Å²) >= 11 is 0. The van der Waals surface area contributed by atoms with Crippen LogP contribution in [0.1, 0.15) is 10.4 Å². The highest BCUT2D eigenvalue weighted by atomic mass is 16.7. The first-order valence-electron chi connectivity index (χ1n) is 4.39. The summed E-state index contributed by atoms with van der Waals surface area (Å²) in [5, 5.41) is 9.31. The zero-order chi connectivity index (χ0) is 12.0. The number of carbonyl (C=O) groups is 2. The van der Waals surface area contributed by atoms with Crippen molar-refractivity contribution in [2.75, 3.05) is 6.79 Å². The number of carbonyl (C=O) groups excluding carboxylic acids is 2. The lowest BCUT2D eigenvalue weighted by molar-refractivity contribution is -0.146. The predicted molar refractivity (Wildman–Crippen MR) is 54.7 cm³/mol. The first kappa shape index (κ1) is 11.8. The van der Waals surface area contributed by atoms with Gasteiger partial charge in [-0.3, -0.25) is 0 Å². The smallest absolute Gasteiger partial charge is 0.344 e. The van der Waals surface area contributed by atoms with Crippen LogP contribution in [-0.4, -0.2) is 23.8 Å². The standard InChI is InChI=1S/C11H10O5/c1-2-10(13)15-7-16-11(14)8-5-3-4-6-9(8)12/h2-6,12H,1,7H2. The van der Waals surface area contributed by atoms with Crippen LogP contribution in [0.25, 0.3) is 0 Å². The van der Waals surface area contributed by atoms with Gasteiger partial charge in [0.05, 0.1) is 0 Å². The Morgan fingerprint density at radius 3 is 2.62 bits per heavy atom. The summed E-state index contributed by atoms with van der Waals surface area (Å²) in [5.74, 6) is -1.65. The van der Waals surface area contributed by atoms with Crippen molar-refractivity contribution in [1.82, 2.24) is 0 Å². The molecule has 0 fully saturated rings. The minimum absolute atomic E-state index is 0.0113. The SMILES string of the molecule is C=CC(=O)OCOC(=O)c1ccccc1O. The molecule has 0 heterocycles. The molecule has 0 amide bonds. The fourth-order valence-electron chi connectivity index (χ4n) is 0.924. The van der Waals surface area contributed by atoms with Gasteiger partial charge in [-0.05, 0) is 12.1 Å². The Kier molecular flexibility index (Phi) is 4.08. The van der Waals surface area contributed by atoms with Crippen molar-refractivity contribution in [3.63, 3.8) is 0 Å². The van der Waals surface area contributed by atoms with Crippen LogP contribution in [-0.2, 0) is 14.3 Å². The Morgan fingerprint density at radius 2 is 2.00 bits per heavy atom. The molecule has 1 rings (SSSR count). The normalized spacial score (nSPS) is 9.25. The van der Waals surface area contributed by atoms with Gasteiger partial charge in [-0.15, -0.1) is 0 Å². The van der Waals surface area contributed by atoms with Gasteiger partial charge in [0.25, 0.3) is 0 Å². The van der Waals surface area contributed by atoms with E-state index < -0.39 is 18.7 Å². The first-order chi connectivity index (χ1) is 7.65. The molecule has 1 aromatic carbocycles. The van der Waals surface area contributed by atoms with Crippen LogP contribution in [0.5, 0.6) is 5.75 Å². The van der Waals surface area contributed by atoms with Gasteiger partial charge >= 0.3 is 11.9 Å². The molecule has 0 aliphatic rings. The number of rotatable bonds is 4. The monoisotopic (exact) mass is 222 g/mol. The molecule has 0 aromatic heterocycles. The van der Waals surface area contributed by atoms with Crippen LogP contribution >= 0.6 is 0 Å². The van der Waals surface area contributed by atoms with E-state index in [4.69, 9.17) is 0 Å². The lowest BCUT2D eigenvalue weighted by Gasteiger charge is -2.05. The van der Waals surface area contributed by atoms with E-state index in [-0.39, 0.29) is 11.3 Å². The number of ether oxygens (including phenoxy) is 2. The summed E-state index contributed by atoms with van der Waals surface area (Å²) < 4.78 is 9.03. The molecule has 0 aliphatic carbocycles. The molecule has 1 N–H and O–H groups in total. The van der Waals surface area contributed by atoms with E-state index in [1.165, 1.54) is 12.1 Å². The molecule has 0 atom stereocenters. The van der Waals surface area contributed by atoms with Gasteiger partial charge in [0, 0.05) is 6.08 Å². The minimum Gasteiger partial charge on any atom is -0.507 e. The highest BCUT2D eigenvalue weighted by molar-refractivity contribution is 5.92. The molecule has 1 aromatic rings. The summed E-state index contributed by atoms with van der Waals surface area (Å²) in [6.07, 6.45) is 0.952. The summed E-state index contributed by atoms with van der Waals surface area (Å²) in [4.78, 5) is 22.0. The maximum absolute atomic E-state index is 11.3. The molecule has 16 heavy (non-hydrogen) atoms. The van der Waals surface area contributed by atoms with E-state index >= 15 is 0 Å². The lowest BCUT2D eigenvalue weighted by atomic mass is 10.2. The first-order valence-corrected chi connectivity index (χ1v) is 4.39. The van der Waals surface area contributed by atoms with Gasteiger partial charge < -0.3 is 14.6 Å². The Labute approximate surface area is 91.9 Å². The van der Waals surface area contributed by atoms with Crippen molar-refractivity contribution >= 4 is 11.9 Å². The zero-order valence-electron chi connectivity index (χ0n) is 8.38. The number of benzene rings is 1. The fourth-order valence-corrected chi connectivity index (χ4v) is 0.924. The topological polar surface area (TPSA) is 72.8 Å². The Balaban J connectivity index is 2.50. The number of hydrogen-bond donors (Lipinski definition) is 1. The van der Waals surface area contributed by atoms with Crippen LogP contribution in [0.3, 0.4) is 0 Å². The summed E-state index contributed by atoms with van der Waals surface area (Å²) in [7, 11) is 0. The molecule has 84 valence electrons. The number of phenolic OH excluding ortho intramolecular Hbond substituents is 1. The van der Waals surface area contributed by atoms with Crippen molar-refractivity contribution in [1.29, 1.82) is 0 Å². The van der Waals surface area contributed by atoms with Gasteiger partial charge in [0.1, 0.15) is 11.3 Å². The summed E-state index contributed by atoms with van der Waals surface area (Å²) in [6.45, 7) is 2.66.